The average Bonchev–Trinajstić information content (AvgIpc) is 2.81. The van der Waals surface area contributed by atoms with E-state index in [4.69, 9.17) is 0 Å². The zero-order valence-electron chi connectivity index (χ0n) is 10.1. The molecule has 1 aromatic heterocycles. The highest BCUT2D eigenvalue weighted by Gasteiger charge is 2.14. The molecule has 3 rings (SSSR count). The molecule has 6 heteroatoms. The van der Waals surface area contributed by atoms with Crippen LogP contribution >= 0.6 is 11.5 Å². The number of aromatic nitrogens is 1. The van der Waals surface area contributed by atoms with E-state index in [1.165, 1.54) is 36.4 Å². The number of anilines is 1. The molecular formula is C14H8F2N2OS. The number of carbonyl (C=O) groups excluding carboxylic acids is 1. The Bertz CT molecular complexity index is 801. The Morgan fingerprint density at radius 2 is 1.95 bits per heavy atom. The van der Waals surface area contributed by atoms with Gasteiger partial charge >= 0.3 is 0 Å². The Morgan fingerprint density at radius 3 is 2.75 bits per heavy atom. The van der Waals surface area contributed by atoms with Crippen molar-refractivity contribution in [2.24, 2.45) is 0 Å². The van der Waals surface area contributed by atoms with Gasteiger partial charge in [-0.25, -0.2) is 8.78 Å². The van der Waals surface area contributed by atoms with E-state index in [0.717, 1.165) is 11.5 Å². The molecule has 0 saturated carbocycles. The van der Waals surface area contributed by atoms with Gasteiger partial charge in [-0.2, -0.15) is 4.37 Å². The van der Waals surface area contributed by atoms with Gasteiger partial charge in [0, 0.05) is 5.39 Å². The van der Waals surface area contributed by atoms with Crippen LogP contribution in [0.4, 0.5) is 14.6 Å². The minimum atomic E-state index is -0.601. The first-order valence-corrected chi connectivity index (χ1v) is 6.53. The van der Waals surface area contributed by atoms with Gasteiger partial charge in [0.2, 0.25) is 0 Å². The molecule has 0 fully saturated rings. The summed E-state index contributed by atoms with van der Waals surface area (Å²) in [6.45, 7) is 0. The predicted octanol–water partition coefficient (Wildman–Crippen LogP) is 3.83. The Balaban J connectivity index is 1.94. The van der Waals surface area contributed by atoms with E-state index in [1.54, 1.807) is 6.07 Å². The molecule has 0 saturated heterocycles. The first-order valence-electron chi connectivity index (χ1n) is 5.76. The Kier molecular flexibility index (Phi) is 3.15. The summed E-state index contributed by atoms with van der Waals surface area (Å²) >= 11 is 1.07. The van der Waals surface area contributed by atoms with Crippen molar-refractivity contribution in [3.63, 3.8) is 0 Å². The molecule has 0 spiro atoms. The molecule has 1 amide bonds. The van der Waals surface area contributed by atoms with Crippen LogP contribution in [0.25, 0.3) is 10.1 Å². The van der Waals surface area contributed by atoms with E-state index >= 15 is 0 Å². The van der Waals surface area contributed by atoms with Gasteiger partial charge in [-0.05, 0) is 41.9 Å². The largest absolute Gasteiger partial charge is 0.305 e. The molecule has 2 aromatic carbocycles. The minimum Gasteiger partial charge on any atom is -0.305 e. The topological polar surface area (TPSA) is 42.0 Å². The van der Waals surface area contributed by atoms with Crippen molar-refractivity contribution >= 4 is 33.3 Å². The van der Waals surface area contributed by atoms with Gasteiger partial charge in [0.15, 0.2) is 5.82 Å². The second kappa shape index (κ2) is 4.97. The number of hydrogen-bond donors (Lipinski definition) is 1. The fourth-order valence-corrected chi connectivity index (χ4v) is 2.58. The lowest BCUT2D eigenvalue weighted by Crippen LogP contribution is -2.13. The normalized spacial score (nSPS) is 10.7. The highest BCUT2D eigenvalue weighted by Crippen LogP contribution is 2.27. The molecule has 3 nitrogen and oxygen atoms in total. The van der Waals surface area contributed by atoms with Crippen molar-refractivity contribution < 1.29 is 13.6 Å². The molecule has 0 aliphatic rings. The van der Waals surface area contributed by atoms with Crippen LogP contribution in [0.5, 0.6) is 0 Å². The zero-order chi connectivity index (χ0) is 14.1. The van der Waals surface area contributed by atoms with Gasteiger partial charge in [0.25, 0.3) is 5.91 Å². The summed E-state index contributed by atoms with van der Waals surface area (Å²) in [7, 11) is 0. The molecule has 3 aromatic rings. The summed E-state index contributed by atoms with van der Waals surface area (Å²) < 4.78 is 31.2. The lowest BCUT2D eigenvalue weighted by molar-refractivity contribution is 0.102. The van der Waals surface area contributed by atoms with Gasteiger partial charge in [0.1, 0.15) is 11.6 Å². The van der Waals surface area contributed by atoms with Crippen molar-refractivity contribution in [2.75, 3.05) is 5.32 Å². The molecule has 0 radical (unpaired) electrons. The highest BCUT2D eigenvalue weighted by molar-refractivity contribution is 7.13. The van der Waals surface area contributed by atoms with Crippen molar-refractivity contribution in [3.8, 4) is 0 Å². The van der Waals surface area contributed by atoms with E-state index in [2.05, 4.69) is 9.69 Å². The second-order valence-electron chi connectivity index (χ2n) is 4.11. The van der Waals surface area contributed by atoms with Gasteiger partial charge in [-0.15, -0.1) is 0 Å². The van der Waals surface area contributed by atoms with E-state index < -0.39 is 11.7 Å². The summed E-state index contributed by atoms with van der Waals surface area (Å²) in [6, 6.07) is 9.84. The lowest BCUT2D eigenvalue weighted by atomic mass is 10.2. The zero-order valence-corrected chi connectivity index (χ0v) is 10.9. The Morgan fingerprint density at radius 1 is 1.15 bits per heavy atom. The minimum absolute atomic E-state index is 0.0595. The summed E-state index contributed by atoms with van der Waals surface area (Å²) in [5.41, 5.74) is -0.0595. The molecule has 0 atom stereocenters. The number of rotatable bonds is 2. The number of nitrogens with one attached hydrogen (secondary N) is 1. The van der Waals surface area contributed by atoms with Crippen LogP contribution in [-0.4, -0.2) is 10.3 Å². The second-order valence-corrected chi connectivity index (χ2v) is 4.91. The molecule has 20 heavy (non-hydrogen) atoms. The van der Waals surface area contributed by atoms with Crippen molar-refractivity contribution in [1.82, 2.24) is 4.37 Å². The van der Waals surface area contributed by atoms with Crippen LogP contribution < -0.4 is 5.32 Å². The number of nitrogens with zero attached hydrogens (tertiary/aromatic N) is 1. The van der Waals surface area contributed by atoms with E-state index in [0.29, 0.717) is 15.9 Å². The number of halogens is 2. The van der Waals surface area contributed by atoms with E-state index in [9.17, 15) is 13.6 Å². The number of amides is 1. The third kappa shape index (κ3) is 2.25. The third-order valence-electron chi connectivity index (χ3n) is 2.78. The van der Waals surface area contributed by atoms with Gasteiger partial charge < -0.3 is 5.32 Å². The van der Waals surface area contributed by atoms with Crippen LogP contribution in [0.3, 0.4) is 0 Å². The Labute approximate surface area is 117 Å². The molecule has 100 valence electrons. The first kappa shape index (κ1) is 12.7. The maximum atomic E-state index is 13.5. The number of hydrogen-bond acceptors (Lipinski definition) is 3. The van der Waals surface area contributed by atoms with E-state index in [-0.39, 0.29) is 11.4 Å². The van der Waals surface area contributed by atoms with Crippen LogP contribution in [-0.2, 0) is 0 Å². The summed E-state index contributed by atoms with van der Waals surface area (Å²) in [5.74, 6) is -1.25. The van der Waals surface area contributed by atoms with Crippen molar-refractivity contribution in [3.05, 3.63) is 59.7 Å². The van der Waals surface area contributed by atoms with Crippen molar-refractivity contribution in [1.29, 1.82) is 0 Å². The number of benzene rings is 2. The highest BCUT2D eigenvalue weighted by atomic mass is 32.1. The lowest BCUT2D eigenvalue weighted by Gasteiger charge is -2.03. The van der Waals surface area contributed by atoms with Crippen LogP contribution in [0.15, 0.2) is 42.5 Å². The summed E-state index contributed by atoms with van der Waals surface area (Å²) in [5, 5.41) is 3.17. The van der Waals surface area contributed by atoms with Gasteiger partial charge in [-0.1, -0.05) is 12.1 Å². The molecule has 1 N–H and O–H groups in total. The van der Waals surface area contributed by atoms with Crippen LogP contribution in [0.2, 0.25) is 0 Å². The molecule has 0 aliphatic heterocycles. The number of fused-ring (bicyclic) bond motifs is 1. The molecule has 0 unspecified atom stereocenters. The maximum absolute atomic E-state index is 13.5. The summed E-state index contributed by atoms with van der Waals surface area (Å²) in [4.78, 5) is 12.0. The average molecular weight is 290 g/mol. The van der Waals surface area contributed by atoms with Gasteiger partial charge in [0.05, 0.1) is 10.3 Å². The SMILES string of the molecule is O=C(Nc1nsc2cc(F)ccc12)c1ccccc1F. The van der Waals surface area contributed by atoms with Crippen LogP contribution in [0, 0.1) is 11.6 Å². The van der Waals surface area contributed by atoms with Crippen LogP contribution in [0.1, 0.15) is 10.4 Å². The molecule has 0 bridgehead atoms. The smallest absolute Gasteiger partial charge is 0.259 e. The van der Waals surface area contributed by atoms with Crippen molar-refractivity contribution in [2.45, 2.75) is 0 Å². The quantitative estimate of drug-likeness (QED) is 0.779. The van der Waals surface area contributed by atoms with Gasteiger partial charge in [-0.3, -0.25) is 4.79 Å². The predicted molar refractivity (Wildman–Crippen MR) is 73.9 cm³/mol. The monoisotopic (exact) mass is 290 g/mol. The molecular weight excluding hydrogens is 282 g/mol. The standard InChI is InChI=1S/C14H8F2N2OS/c15-8-5-6-10-12(7-8)20-18-13(10)17-14(19)9-3-1-2-4-11(9)16/h1-7H,(H,17,18,19). The fourth-order valence-electron chi connectivity index (χ4n) is 1.82. The summed E-state index contributed by atoms with van der Waals surface area (Å²) in [6.07, 6.45) is 0. The third-order valence-corrected chi connectivity index (χ3v) is 3.59. The molecule has 1 heterocycles. The Hall–Kier alpha value is -2.34. The first-order chi connectivity index (χ1) is 9.65. The number of carbonyl (C=O) groups is 1. The van der Waals surface area contributed by atoms with E-state index in [1.807, 2.05) is 0 Å². The maximum Gasteiger partial charge on any atom is 0.259 e. The fraction of sp³-hybridized carbons (Fsp3) is 0. The molecule has 0 aliphatic carbocycles.